The van der Waals surface area contributed by atoms with E-state index in [4.69, 9.17) is 9.26 Å². The number of benzene rings is 1. The standard InChI is InChI=1S/C18H25NO2Si/c1-22(2,3)21-18-12-6-9-16(18)15-11-10-13-7-4-5-8-14(13)17(15)19-20-18/h4-5,7-8,15-16H,6,9-12H2,1-3H3/t15-,16+,18-/m0/s1. The predicted molar refractivity (Wildman–Crippen MR) is 90.4 cm³/mol. The number of nitrogens with zero attached hydrogens (tertiary/aromatic N) is 1. The molecule has 1 aromatic carbocycles. The number of oxime groups is 1. The largest absolute Gasteiger partial charge is 0.380 e. The van der Waals surface area contributed by atoms with E-state index in [9.17, 15) is 0 Å². The van der Waals surface area contributed by atoms with Crippen molar-refractivity contribution in [3.8, 4) is 0 Å². The van der Waals surface area contributed by atoms with Crippen molar-refractivity contribution in [2.45, 2.75) is 57.5 Å². The van der Waals surface area contributed by atoms with Crippen molar-refractivity contribution >= 4 is 14.0 Å². The SMILES string of the molecule is C[Si](C)(C)O[C@@]12CCC[C@@H]1[C@@H]1CCc3ccccc3C1=NO2. The third-order valence-corrected chi connectivity index (χ3v) is 6.20. The van der Waals surface area contributed by atoms with Crippen LogP contribution in [-0.2, 0) is 15.7 Å². The Hall–Kier alpha value is -1.13. The quantitative estimate of drug-likeness (QED) is 0.761. The summed E-state index contributed by atoms with van der Waals surface area (Å²) in [6, 6.07) is 8.66. The minimum absolute atomic E-state index is 0.440. The van der Waals surface area contributed by atoms with Gasteiger partial charge in [0.05, 0.1) is 5.71 Å². The lowest BCUT2D eigenvalue weighted by molar-refractivity contribution is -0.226. The average Bonchev–Trinajstić information content (AvgIpc) is 2.88. The smallest absolute Gasteiger partial charge is 0.231 e. The van der Waals surface area contributed by atoms with Crippen LogP contribution >= 0.6 is 0 Å². The lowest BCUT2D eigenvalue weighted by Crippen LogP contribution is -2.53. The molecule has 0 radical (unpaired) electrons. The van der Waals surface area contributed by atoms with Crippen molar-refractivity contribution in [2.75, 3.05) is 0 Å². The second-order valence-corrected chi connectivity index (χ2v) is 12.3. The summed E-state index contributed by atoms with van der Waals surface area (Å²) >= 11 is 0. The predicted octanol–water partition coefficient (Wildman–Crippen LogP) is 4.33. The summed E-state index contributed by atoms with van der Waals surface area (Å²) in [7, 11) is -1.66. The zero-order valence-corrected chi connectivity index (χ0v) is 14.8. The summed E-state index contributed by atoms with van der Waals surface area (Å²) in [4.78, 5) is 6.09. The summed E-state index contributed by atoms with van der Waals surface area (Å²) in [5, 5.41) is 4.61. The molecule has 0 saturated heterocycles. The van der Waals surface area contributed by atoms with E-state index in [1.54, 1.807) is 0 Å². The van der Waals surface area contributed by atoms with Crippen molar-refractivity contribution in [3.63, 3.8) is 0 Å². The van der Waals surface area contributed by atoms with E-state index < -0.39 is 14.1 Å². The molecule has 4 rings (SSSR count). The molecule has 22 heavy (non-hydrogen) atoms. The fraction of sp³-hybridized carbons (Fsp3) is 0.611. The van der Waals surface area contributed by atoms with Crippen molar-refractivity contribution in [3.05, 3.63) is 35.4 Å². The Morgan fingerprint density at radius 2 is 2.05 bits per heavy atom. The normalized spacial score (nSPS) is 33.3. The molecule has 3 aliphatic rings. The van der Waals surface area contributed by atoms with Crippen molar-refractivity contribution in [2.24, 2.45) is 17.0 Å². The number of hydrogen-bond donors (Lipinski definition) is 0. The number of hydrogen-bond acceptors (Lipinski definition) is 3. The van der Waals surface area contributed by atoms with Crippen LogP contribution in [0.25, 0.3) is 0 Å². The maximum Gasteiger partial charge on any atom is 0.231 e. The maximum absolute atomic E-state index is 6.54. The van der Waals surface area contributed by atoms with Gasteiger partial charge in [-0.1, -0.05) is 29.4 Å². The minimum Gasteiger partial charge on any atom is -0.380 e. The van der Waals surface area contributed by atoms with Gasteiger partial charge in [0.1, 0.15) is 0 Å². The van der Waals surface area contributed by atoms with Crippen molar-refractivity contribution < 1.29 is 9.26 Å². The van der Waals surface area contributed by atoms with Crippen LogP contribution in [0.2, 0.25) is 19.6 Å². The molecule has 0 bridgehead atoms. The van der Waals surface area contributed by atoms with Crippen LogP contribution in [0.5, 0.6) is 0 Å². The van der Waals surface area contributed by atoms with Crippen LogP contribution in [0.4, 0.5) is 0 Å². The summed E-state index contributed by atoms with van der Waals surface area (Å²) < 4.78 is 6.54. The van der Waals surface area contributed by atoms with Crippen molar-refractivity contribution in [1.29, 1.82) is 0 Å². The van der Waals surface area contributed by atoms with Gasteiger partial charge in [-0.25, -0.2) is 0 Å². The first-order chi connectivity index (χ1) is 10.5. The van der Waals surface area contributed by atoms with Gasteiger partial charge in [-0.05, 0) is 50.9 Å². The van der Waals surface area contributed by atoms with E-state index in [-0.39, 0.29) is 0 Å². The maximum atomic E-state index is 6.54. The molecule has 1 heterocycles. The number of aryl methyl sites for hydroxylation is 1. The Kier molecular flexibility index (Phi) is 3.24. The molecule has 1 aliphatic heterocycles. The minimum atomic E-state index is -1.66. The van der Waals surface area contributed by atoms with E-state index in [0.717, 1.165) is 12.8 Å². The molecule has 0 spiro atoms. The molecule has 1 saturated carbocycles. The van der Waals surface area contributed by atoms with Gasteiger partial charge in [0, 0.05) is 23.8 Å². The summed E-state index contributed by atoms with van der Waals surface area (Å²) in [6.07, 6.45) is 5.73. The summed E-state index contributed by atoms with van der Waals surface area (Å²) in [6.45, 7) is 6.74. The summed E-state index contributed by atoms with van der Waals surface area (Å²) in [5.41, 5.74) is 3.88. The molecule has 0 amide bonds. The molecule has 1 fully saturated rings. The Morgan fingerprint density at radius 3 is 2.86 bits per heavy atom. The van der Waals surface area contributed by atoms with Crippen LogP contribution in [0, 0.1) is 11.8 Å². The van der Waals surface area contributed by atoms with Crippen LogP contribution in [0.3, 0.4) is 0 Å². The monoisotopic (exact) mass is 315 g/mol. The van der Waals surface area contributed by atoms with E-state index in [1.807, 2.05) is 0 Å². The Morgan fingerprint density at radius 1 is 1.23 bits per heavy atom. The highest BCUT2D eigenvalue weighted by Crippen LogP contribution is 2.51. The fourth-order valence-corrected chi connectivity index (χ4v) is 5.86. The molecule has 1 aromatic rings. The highest BCUT2D eigenvalue weighted by atomic mass is 28.4. The van der Waals surface area contributed by atoms with Gasteiger partial charge in [-0.2, -0.15) is 0 Å². The molecule has 0 aromatic heterocycles. The van der Waals surface area contributed by atoms with Gasteiger partial charge < -0.3 is 9.26 Å². The molecule has 3 nitrogen and oxygen atoms in total. The van der Waals surface area contributed by atoms with Gasteiger partial charge in [-0.3, -0.25) is 0 Å². The van der Waals surface area contributed by atoms with Gasteiger partial charge in [0.2, 0.25) is 5.79 Å². The molecule has 4 heteroatoms. The third kappa shape index (κ3) is 2.24. The fourth-order valence-electron chi connectivity index (χ4n) is 4.53. The average molecular weight is 315 g/mol. The highest BCUT2D eigenvalue weighted by Gasteiger charge is 2.56. The topological polar surface area (TPSA) is 30.8 Å². The van der Waals surface area contributed by atoms with E-state index in [0.29, 0.717) is 11.8 Å². The lowest BCUT2D eigenvalue weighted by Gasteiger charge is -2.45. The number of rotatable bonds is 2. The van der Waals surface area contributed by atoms with Crippen LogP contribution < -0.4 is 0 Å². The molecular weight excluding hydrogens is 290 g/mol. The Labute approximate surface area is 133 Å². The van der Waals surface area contributed by atoms with Crippen LogP contribution in [0.15, 0.2) is 29.4 Å². The summed E-state index contributed by atoms with van der Waals surface area (Å²) in [5.74, 6) is 0.535. The second kappa shape index (κ2) is 4.93. The zero-order valence-electron chi connectivity index (χ0n) is 13.8. The lowest BCUT2D eigenvalue weighted by atomic mass is 9.73. The first-order valence-electron chi connectivity index (χ1n) is 8.53. The Balaban J connectivity index is 1.73. The van der Waals surface area contributed by atoms with Crippen LogP contribution in [-0.4, -0.2) is 19.8 Å². The molecular formula is C18H25NO2Si. The van der Waals surface area contributed by atoms with Crippen molar-refractivity contribution in [1.82, 2.24) is 0 Å². The molecule has 2 aliphatic carbocycles. The van der Waals surface area contributed by atoms with Gasteiger partial charge in [0.15, 0.2) is 8.32 Å². The van der Waals surface area contributed by atoms with Gasteiger partial charge in [-0.15, -0.1) is 0 Å². The second-order valence-electron chi connectivity index (χ2n) is 7.90. The van der Waals surface area contributed by atoms with E-state index in [2.05, 4.69) is 49.1 Å². The first kappa shape index (κ1) is 14.5. The zero-order chi connectivity index (χ0) is 15.4. The molecule has 0 unspecified atom stereocenters. The first-order valence-corrected chi connectivity index (χ1v) is 11.9. The molecule has 3 atom stereocenters. The Bertz CT molecular complexity index is 622. The molecule has 0 N–H and O–H groups in total. The van der Waals surface area contributed by atoms with Gasteiger partial charge >= 0.3 is 0 Å². The third-order valence-electron chi connectivity index (χ3n) is 5.24. The van der Waals surface area contributed by atoms with E-state index >= 15 is 0 Å². The molecule has 118 valence electrons. The highest BCUT2D eigenvalue weighted by molar-refractivity contribution is 6.69. The van der Waals surface area contributed by atoms with E-state index in [1.165, 1.54) is 36.1 Å². The van der Waals surface area contributed by atoms with Crippen LogP contribution in [0.1, 0.15) is 36.8 Å². The van der Waals surface area contributed by atoms with Gasteiger partial charge in [0.25, 0.3) is 0 Å². The number of fused-ring (bicyclic) bond motifs is 5.